The summed E-state index contributed by atoms with van der Waals surface area (Å²) in [6.45, 7) is 0. The summed E-state index contributed by atoms with van der Waals surface area (Å²) in [6, 6.07) is 10.5. The number of benzene rings is 1. The maximum Gasteiger partial charge on any atom is 0.307 e. The SMILES string of the molecule is O=C(O)C1CC2CC2CC1c1oc(-c2ccc(F)cn2)nc1-c1ccc(Br)cc1. The summed E-state index contributed by atoms with van der Waals surface area (Å²) in [5.74, 6) is -0.0141. The van der Waals surface area contributed by atoms with Crippen molar-refractivity contribution in [2.45, 2.75) is 25.2 Å². The molecule has 2 aliphatic rings. The van der Waals surface area contributed by atoms with Crippen LogP contribution in [0.15, 0.2) is 51.5 Å². The van der Waals surface area contributed by atoms with E-state index in [1.165, 1.54) is 12.1 Å². The van der Waals surface area contributed by atoms with Crippen LogP contribution in [0.2, 0.25) is 0 Å². The van der Waals surface area contributed by atoms with Gasteiger partial charge in [-0.05, 0) is 55.4 Å². The molecule has 7 heteroatoms. The first-order valence-corrected chi connectivity index (χ1v) is 10.4. The van der Waals surface area contributed by atoms with Crippen LogP contribution in [0.25, 0.3) is 22.8 Å². The first kappa shape index (κ1) is 18.5. The van der Waals surface area contributed by atoms with Crippen LogP contribution in [-0.4, -0.2) is 21.0 Å². The molecule has 4 unspecified atom stereocenters. The molecule has 1 N–H and O–H groups in total. The molecule has 0 spiro atoms. The lowest BCUT2D eigenvalue weighted by atomic mass is 9.77. The van der Waals surface area contributed by atoms with Gasteiger partial charge in [0.25, 0.3) is 0 Å². The van der Waals surface area contributed by atoms with Crippen molar-refractivity contribution >= 4 is 21.9 Å². The summed E-state index contributed by atoms with van der Waals surface area (Å²) in [4.78, 5) is 20.7. The molecule has 2 fully saturated rings. The van der Waals surface area contributed by atoms with Gasteiger partial charge in [0.1, 0.15) is 23.0 Å². The molecule has 0 saturated heterocycles. The van der Waals surface area contributed by atoms with Crippen LogP contribution >= 0.6 is 15.9 Å². The van der Waals surface area contributed by atoms with E-state index in [9.17, 15) is 14.3 Å². The smallest absolute Gasteiger partial charge is 0.307 e. The lowest BCUT2D eigenvalue weighted by molar-refractivity contribution is -0.143. The maximum absolute atomic E-state index is 13.3. The third kappa shape index (κ3) is 3.48. The Morgan fingerprint density at radius 3 is 2.55 bits per heavy atom. The van der Waals surface area contributed by atoms with E-state index in [2.05, 4.69) is 25.9 Å². The number of fused-ring (bicyclic) bond motifs is 1. The Bertz CT molecular complexity index is 1060. The van der Waals surface area contributed by atoms with Crippen molar-refractivity contribution < 1.29 is 18.7 Å². The van der Waals surface area contributed by atoms with Gasteiger partial charge < -0.3 is 9.52 Å². The minimum Gasteiger partial charge on any atom is -0.481 e. The fraction of sp³-hybridized carbons (Fsp3) is 0.318. The Hall–Kier alpha value is -2.54. The summed E-state index contributed by atoms with van der Waals surface area (Å²) in [5, 5.41) is 9.84. The highest BCUT2D eigenvalue weighted by Gasteiger charge is 2.51. The second-order valence-corrected chi connectivity index (χ2v) is 8.79. The third-order valence-electron chi connectivity index (χ3n) is 6.04. The van der Waals surface area contributed by atoms with Crippen LogP contribution in [-0.2, 0) is 4.79 Å². The number of nitrogens with zero attached hydrogens (tertiary/aromatic N) is 2. The van der Waals surface area contributed by atoms with E-state index >= 15 is 0 Å². The summed E-state index contributed by atoms with van der Waals surface area (Å²) < 4.78 is 20.4. The van der Waals surface area contributed by atoms with Gasteiger partial charge in [-0.25, -0.2) is 14.4 Å². The average Bonchev–Trinajstić information content (AvgIpc) is 3.35. The number of rotatable bonds is 4. The number of hydrogen-bond donors (Lipinski definition) is 1. The topological polar surface area (TPSA) is 76.2 Å². The van der Waals surface area contributed by atoms with Gasteiger partial charge in [-0.2, -0.15) is 0 Å². The molecule has 4 atom stereocenters. The quantitative estimate of drug-likeness (QED) is 0.559. The molecule has 2 heterocycles. The molecular formula is C22H18BrFN2O3. The second-order valence-electron chi connectivity index (χ2n) is 7.88. The van der Waals surface area contributed by atoms with Crippen LogP contribution in [0.5, 0.6) is 0 Å². The Morgan fingerprint density at radius 2 is 1.86 bits per heavy atom. The third-order valence-corrected chi connectivity index (χ3v) is 6.57. The largest absolute Gasteiger partial charge is 0.481 e. The first-order chi connectivity index (χ1) is 14.0. The van der Waals surface area contributed by atoms with Crippen LogP contribution in [0.1, 0.15) is 30.9 Å². The van der Waals surface area contributed by atoms with Gasteiger partial charge >= 0.3 is 5.97 Å². The zero-order valence-corrected chi connectivity index (χ0v) is 17.0. The second kappa shape index (κ2) is 7.06. The maximum atomic E-state index is 13.3. The van der Waals surface area contributed by atoms with E-state index < -0.39 is 17.7 Å². The lowest BCUT2D eigenvalue weighted by Gasteiger charge is -2.27. The molecule has 0 aliphatic heterocycles. The molecule has 1 aromatic carbocycles. The number of halogens is 2. The number of pyridine rings is 1. The van der Waals surface area contributed by atoms with Crippen LogP contribution < -0.4 is 0 Å². The van der Waals surface area contributed by atoms with Crippen molar-refractivity contribution in [3.63, 3.8) is 0 Å². The van der Waals surface area contributed by atoms with E-state index in [0.717, 1.165) is 29.1 Å². The van der Waals surface area contributed by atoms with Crippen molar-refractivity contribution in [2.75, 3.05) is 0 Å². The van der Waals surface area contributed by atoms with Crippen LogP contribution in [0, 0.1) is 23.6 Å². The molecule has 0 amide bonds. The molecule has 29 heavy (non-hydrogen) atoms. The van der Waals surface area contributed by atoms with Gasteiger partial charge in [-0.1, -0.05) is 28.1 Å². The molecule has 5 rings (SSSR count). The van der Waals surface area contributed by atoms with Crippen molar-refractivity contribution in [1.82, 2.24) is 9.97 Å². The van der Waals surface area contributed by atoms with Gasteiger partial charge in [0.15, 0.2) is 0 Å². The average molecular weight is 457 g/mol. The van der Waals surface area contributed by atoms with Gasteiger partial charge in [-0.15, -0.1) is 0 Å². The Morgan fingerprint density at radius 1 is 1.10 bits per heavy atom. The molecule has 5 nitrogen and oxygen atoms in total. The van der Waals surface area contributed by atoms with Gasteiger partial charge in [0.05, 0.1) is 12.1 Å². The first-order valence-electron chi connectivity index (χ1n) is 9.61. The molecule has 0 bridgehead atoms. The molecule has 2 aliphatic carbocycles. The predicted molar refractivity (Wildman–Crippen MR) is 108 cm³/mol. The molecule has 2 aromatic heterocycles. The zero-order valence-electron chi connectivity index (χ0n) is 15.4. The van der Waals surface area contributed by atoms with Crippen molar-refractivity contribution in [3.8, 4) is 22.8 Å². The summed E-state index contributed by atoms with van der Waals surface area (Å²) in [5.41, 5.74) is 1.90. The van der Waals surface area contributed by atoms with Crippen LogP contribution in [0.4, 0.5) is 4.39 Å². The van der Waals surface area contributed by atoms with Gasteiger partial charge in [0.2, 0.25) is 5.89 Å². The number of hydrogen-bond acceptors (Lipinski definition) is 4. The van der Waals surface area contributed by atoms with E-state index in [0.29, 0.717) is 35.4 Å². The number of aromatic nitrogens is 2. The van der Waals surface area contributed by atoms with E-state index in [4.69, 9.17) is 4.42 Å². The highest BCUT2D eigenvalue weighted by atomic mass is 79.9. The molecule has 148 valence electrons. The fourth-order valence-corrected chi connectivity index (χ4v) is 4.71. The zero-order chi connectivity index (χ0) is 20.1. The number of oxazole rings is 1. The van der Waals surface area contributed by atoms with Crippen LogP contribution in [0.3, 0.4) is 0 Å². The number of carboxylic acids is 1. The lowest BCUT2D eigenvalue weighted by Crippen LogP contribution is -2.26. The standard InChI is InChI=1S/C22H18BrFN2O3/c23-14-3-1-11(2-4-14)19-20(16-8-12-7-13(12)9-17(16)22(27)28)29-21(26-19)18-6-5-15(24)10-25-18/h1-6,10,12-13,16-17H,7-9H2,(H,27,28). The summed E-state index contributed by atoms with van der Waals surface area (Å²) >= 11 is 3.44. The van der Waals surface area contributed by atoms with E-state index in [-0.39, 0.29) is 11.8 Å². The minimum absolute atomic E-state index is 0.239. The molecule has 3 aromatic rings. The summed E-state index contributed by atoms with van der Waals surface area (Å²) in [7, 11) is 0. The number of aliphatic carboxylic acids is 1. The number of carbonyl (C=O) groups is 1. The number of carboxylic acid groups (broad SMARTS) is 1. The van der Waals surface area contributed by atoms with Gasteiger partial charge in [-0.3, -0.25) is 4.79 Å². The van der Waals surface area contributed by atoms with Crippen molar-refractivity contribution in [1.29, 1.82) is 0 Å². The highest BCUT2D eigenvalue weighted by Crippen LogP contribution is 2.57. The summed E-state index contributed by atoms with van der Waals surface area (Å²) in [6.07, 6.45) is 3.67. The molecular weight excluding hydrogens is 439 g/mol. The van der Waals surface area contributed by atoms with E-state index in [1.807, 2.05) is 24.3 Å². The Balaban J connectivity index is 1.63. The normalized spacial score (nSPS) is 25.4. The highest BCUT2D eigenvalue weighted by molar-refractivity contribution is 9.10. The van der Waals surface area contributed by atoms with Gasteiger partial charge in [0, 0.05) is 16.0 Å². The van der Waals surface area contributed by atoms with Crippen molar-refractivity contribution in [3.05, 3.63) is 58.6 Å². The minimum atomic E-state index is -0.792. The fourth-order valence-electron chi connectivity index (χ4n) is 4.44. The van der Waals surface area contributed by atoms with E-state index in [1.54, 1.807) is 0 Å². The molecule has 0 radical (unpaired) electrons. The Kier molecular flexibility index (Phi) is 4.50. The molecule has 2 saturated carbocycles. The Labute approximate surface area is 175 Å². The van der Waals surface area contributed by atoms with Crippen molar-refractivity contribution in [2.24, 2.45) is 17.8 Å². The predicted octanol–water partition coefficient (Wildman–Crippen LogP) is 5.52. The monoisotopic (exact) mass is 456 g/mol.